The van der Waals surface area contributed by atoms with Crippen LogP contribution in [0.3, 0.4) is 0 Å². The number of benzene rings is 2. The number of nitrogens with zero attached hydrogens (tertiary/aromatic N) is 4. The van der Waals surface area contributed by atoms with Gasteiger partial charge in [0.25, 0.3) is 20.4 Å². The molecule has 206 valence electrons. The van der Waals surface area contributed by atoms with Crippen LogP contribution in [0, 0.1) is 6.92 Å². The van der Waals surface area contributed by atoms with Crippen LogP contribution in [0.4, 0.5) is 4.39 Å². The van der Waals surface area contributed by atoms with Crippen LogP contribution in [0.2, 0.25) is 5.04 Å². The fraction of sp³-hybridized carbons (Fsp3) is 0.407. The largest absolute Gasteiger partial charge is 0.405 e. The van der Waals surface area contributed by atoms with Gasteiger partial charge in [0.2, 0.25) is 0 Å². The summed E-state index contributed by atoms with van der Waals surface area (Å²) < 4.78 is 34.1. The molecule has 2 heterocycles. The minimum Gasteiger partial charge on any atom is -0.405 e. The molecule has 4 atom stereocenters. The van der Waals surface area contributed by atoms with E-state index in [0.29, 0.717) is 5.56 Å². The summed E-state index contributed by atoms with van der Waals surface area (Å²) >= 11 is 0. The lowest BCUT2D eigenvalue weighted by Crippen LogP contribution is -2.67. The Labute approximate surface area is 226 Å². The maximum Gasteiger partial charge on any atom is 0.330 e. The number of halogens is 1. The highest BCUT2D eigenvalue weighted by atomic mass is 28.4. The van der Waals surface area contributed by atoms with E-state index >= 15 is 0 Å². The predicted octanol–water partition coefficient (Wildman–Crippen LogP) is 3.66. The first-order valence-corrected chi connectivity index (χ1v) is 14.5. The summed E-state index contributed by atoms with van der Waals surface area (Å²) in [6.07, 6.45) is -1.09. The summed E-state index contributed by atoms with van der Waals surface area (Å²) in [5.41, 5.74) is 7.82. The van der Waals surface area contributed by atoms with E-state index in [2.05, 4.69) is 60.0 Å². The third kappa shape index (κ3) is 5.90. The number of nitrogens with one attached hydrogen (secondary N) is 1. The Morgan fingerprint density at radius 2 is 1.74 bits per heavy atom. The topological polar surface area (TPSA) is 131 Å². The zero-order valence-electron chi connectivity index (χ0n) is 22.3. The molecule has 4 rings (SSSR count). The monoisotopic (exact) mass is 553 g/mol. The van der Waals surface area contributed by atoms with Crippen LogP contribution in [0.15, 0.2) is 81.6 Å². The van der Waals surface area contributed by atoms with E-state index in [9.17, 15) is 14.0 Å². The second-order valence-corrected chi connectivity index (χ2v) is 14.8. The lowest BCUT2D eigenvalue weighted by atomic mass is 10.2. The molecule has 0 aliphatic carbocycles. The minimum atomic E-state index is -2.96. The van der Waals surface area contributed by atoms with E-state index in [1.54, 1.807) is 6.92 Å². The van der Waals surface area contributed by atoms with Crippen molar-refractivity contribution in [1.29, 1.82) is 0 Å². The summed E-state index contributed by atoms with van der Waals surface area (Å²) in [5.74, 6) is 0. The van der Waals surface area contributed by atoms with Gasteiger partial charge in [0.1, 0.15) is 12.3 Å². The maximum atomic E-state index is 14.3. The van der Waals surface area contributed by atoms with Gasteiger partial charge in [-0.2, -0.15) is 0 Å². The summed E-state index contributed by atoms with van der Waals surface area (Å²) in [7, 11) is -2.96. The Morgan fingerprint density at radius 1 is 1.15 bits per heavy atom. The first kappa shape index (κ1) is 28.5. The second kappa shape index (κ2) is 11.7. The number of alkyl halides is 1. The van der Waals surface area contributed by atoms with Gasteiger partial charge in [-0.25, -0.2) is 9.18 Å². The van der Waals surface area contributed by atoms with Crippen molar-refractivity contribution in [2.45, 2.75) is 64.1 Å². The highest BCUT2D eigenvalue weighted by molar-refractivity contribution is 6.99. The van der Waals surface area contributed by atoms with Gasteiger partial charge in [0.05, 0.1) is 12.7 Å². The Hall–Kier alpha value is -3.54. The molecule has 1 aliphatic heterocycles. The van der Waals surface area contributed by atoms with Gasteiger partial charge >= 0.3 is 5.69 Å². The molecule has 0 amide bonds. The zero-order valence-corrected chi connectivity index (χ0v) is 23.3. The summed E-state index contributed by atoms with van der Waals surface area (Å²) in [6.45, 7) is 5.75. The van der Waals surface area contributed by atoms with Crippen LogP contribution in [-0.4, -0.2) is 43.2 Å². The summed E-state index contributed by atoms with van der Waals surface area (Å²) in [4.78, 5) is 29.2. The number of rotatable bonds is 9. The molecule has 2 unspecified atom stereocenters. The van der Waals surface area contributed by atoms with Crippen molar-refractivity contribution in [1.82, 2.24) is 9.55 Å². The normalized spacial score (nSPS) is 20.4. The number of hydrogen-bond acceptors (Lipinski definition) is 6. The van der Waals surface area contributed by atoms with Gasteiger partial charge < -0.3 is 13.9 Å². The Balaban J connectivity index is 1.72. The molecule has 10 nitrogen and oxygen atoms in total. The average molecular weight is 554 g/mol. The number of aryl methyl sites for hydroxylation is 1. The van der Waals surface area contributed by atoms with E-state index in [1.165, 1.54) is 10.8 Å². The summed E-state index contributed by atoms with van der Waals surface area (Å²) in [6, 6.07) is 20.0. The van der Waals surface area contributed by atoms with Crippen molar-refractivity contribution < 1.29 is 18.3 Å². The predicted molar refractivity (Wildman–Crippen MR) is 147 cm³/mol. The molecule has 39 heavy (non-hydrogen) atoms. The lowest BCUT2D eigenvalue weighted by Gasteiger charge is -2.43. The molecular formula is C27H32FN5O5Si. The number of hydrogen-bond donors (Lipinski definition) is 1. The molecule has 12 heteroatoms. The second-order valence-electron chi connectivity index (χ2n) is 10.5. The quantitative estimate of drug-likeness (QED) is 0.142. The summed E-state index contributed by atoms with van der Waals surface area (Å²) in [5, 5.41) is 4.79. The molecule has 1 N–H and O–H groups in total. The van der Waals surface area contributed by atoms with Crippen molar-refractivity contribution in [2.75, 3.05) is 6.61 Å². The van der Waals surface area contributed by atoms with Gasteiger partial charge in [-0.15, -0.1) is 0 Å². The van der Waals surface area contributed by atoms with Gasteiger partial charge in [0.15, 0.2) is 0 Å². The Morgan fingerprint density at radius 3 is 2.28 bits per heavy atom. The average Bonchev–Trinajstić information content (AvgIpc) is 3.29. The van der Waals surface area contributed by atoms with Crippen LogP contribution in [0.1, 0.15) is 39.0 Å². The molecule has 1 saturated heterocycles. The first-order chi connectivity index (χ1) is 18.6. The number of azide groups is 1. The zero-order chi connectivity index (χ0) is 28.2. The van der Waals surface area contributed by atoms with Gasteiger partial charge in [-0.05, 0) is 33.0 Å². The molecule has 0 saturated carbocycles. The van der Waals surface area contributed by atoms with Crippen LogP contribution in [-0.2, 0) is 13.9 Å². The van der Waals surface area contributed by atoms with Crippen molar-refractivity contribution >= 4 is 18.7 Å². The number of aromatic nitrogens is 2. The fourth-order valence-electron chi connectivity index (χ4n) is 5.15. The molecule has 1 aromatic heterocycles. The van der Waals surface area contributed by atoms with E-state index in [4.69, 9.17) is 19.4 Å². The number of H-pyrrole nitrogens is 1. The molecular weight excluding hydrogens is 521 g/mol. The highest BCUT2D eigenvalue weighted by Crippen LogP contribution is 2.38. The van der Waals surface area contributed by atoms with E-state index < -0.39 is 44.5 Å². The van der Waals surface area contributed by atoms with E-state index in [1.807, 2.05) is 36.4 Å². The van der Waals surface area contributed by atoms with Crippen molar-refractivity contribution in [3.63, 3.8) is 0 Å². The van der Waals surface area contributed by atoms with Crippen LogP contribution >= 0.6 is 0 Å². The van der Waals surface area contributed by atoms with Gasteiger partial charge in [0, 0.05) is 23.1 Å². The third-order valence-corrected chi connectivity index (χ3v) is 12.0. The Bertz CT molecular complexity index is 1400. The van der Waals surface area contributed by atoms with Crippen LogP contribution in [0.25, 0.3) is 10.4 Å². The van der Waals surface area contributed by atoms with Gasteiger partial charge in [-0.3, -0.25) is 14.3 Å². The van der Waals surface area contributed by atoms with Crippen molar-refractivity contribution in [2.24, 2.45) is 5.11 Å². The van der Waals surface area contributed by atoms with Gasteiger partial charge in [-0.1, -0.05) is 81.4 Å². The molecule has 0 bridgehead atoms. The molecule has 1 aliphatic rings. The maximum absolute atomic E-state index is 14.3. The lowest BCUT2D eigenvalue weighted by molar-refractivity contribution is -0.115. The molecule has 3 aromatic rings. The standard InChI is InChI=1S/C27H32FN5O5Si/c1-18-16-33(26(35)30-24(18)34)23-15-21(38-25(28)31-32-29)22(37-23)17-36-39(27(2,3)4,19-11-7-5-8-12-19)20-13-9-6-10-14-20/h5-14,16,21-23,25H,15,17H2,1-4H3,(H,30,34,35)/t21?,22-,23-,25?/m1/s1. The molecule has 0 spiro atoms. The van der Waals surface area contributed by atoms with E-state index in [-0.39, 0.29) is 18.1 Å². The molecule has 1 fully saturated rings. The number of aromatic amines is 1. The van der Waals surface area contributed by atoms with Crippen LogP contribution in [0.5, 0.6) is 0 Å². The van der Waals surface area contributed by atoms with Crippen molar-refractivity contribution in [3.8, 4) is 0 Å². The highest BCUT2D eigenvalue weighted by Gasteiger charge is 2.51. The number of ether oxygens (including phenoxy) is 2. The fourth-order valence-corrected chi connectivity index (χ4v) is 9.71. The third-order valence-electron chi connectivity index (χ3n) is 6.95. The smallest absolute Gasteiger partial charge is 0.330 e. The van der Waals surface area contributed by atoms with Crippen LogP contribution < -0.4 is 21.6 Å². The molecule has 2 aromatic carbocycles. The molecule has 0 radical (unpaired) electrons. The minimum absolute atomic E-state index is 0.0223. The van der Waals surface area contributed by atoms with Crippen molar-refractivity contribution in [3.05, 3.63) is 104 Å². The Kier molecular flexibility index (Phi) is 8.53. The SMILES string of the molecule is Cc1cn([C@H]2CC(OC(F)N=[N+]=[N-])[C@@H](CO[Si](c3ccccc3)(c3ccccc3)C(C)(C)C)O2)c(=O)[nH]c1=O. The van der Waals surface area contributed by atoms with E-state index in [0.717, 1.165) is 10.4 Å². The first-order valence-electron chi connectivity index (χ1n) is 12.6.